The molecule has 2 aromatic rings. The van der Waals surface area contributed by atoms with E-state index in [-0.39, 0.29) is 0 Å². The lowest BCUT2D eigenvalue weighted by atomic mass is 10.2. The van der Waals surface area contributed by atoms with Gasteiger partial charge >= 0.3 is 0 Å². The third-order valence-electron chi connectivity index (χ3n) is 2.55. The van der Waals surface area contributed by atoms with Crippen molar-refractivity contribution in [1.82, 2.24) is 10.5 Å². The summed E-state index contributed by atoms with van der Waals surface area (Å²) >= 11 is 1.76. The summed E-state index contributed by atoms with van der Waals surface area (Å²) in [6, 6.07) is 10.6. The van der Waals surface area contributed by atoms with Gasteiger partial charge in [-0.05, 0) is 30.7 Å². The number of hydrogen-bond acceptors (Lipinski definition) is 4. The van der Waals surface area contributed by atoms with Gasteiger partial charge in [-0.25, -0.2) is 0 Å². The van der Waals surface area contributed by atoms with Crippen molar-refractivity contribution in [2.45, 2.75) is 30.5 Å². The minimum atomic E-state index is 0.827. The smallest absolute Gasteiger partial charge is 0.146 e. The Morgan fingerprint density at radius 1 is 1.22 bits per heavy atom. The van der Waals surface area contributed by atoms with Gasteiger partial charge in [-0.1, -0.05) is 24.2 Å². The fraction of sp³-hybridized carbons (Fsp3) is 0.357. The quantitative estimate of drug-likeness (QED) is 0.612. The minimum absolute atomic E-state index is 0.827. The second-order valence-electron chi connectivity index (χ2n) is 4.09. The summed E-state index contributed by atoms with van der Waals surface area (Å²) in [5.41, 5.74) is 1.33. The predicted octanol–water partition coefficient (Wildman–Crippen LogP) is 3.47. The molecule has 0 aliphatic rings. The first-order valence-corrected chi connectivity index (χ1v) is 7.19. The van der Waals surface area contributed by atoms with Crippen molar-refractivity contribution in [1.29, 1.82) is 0 Å². The highest BCUT2D eigenvalue weighted by Gasteiger charge is 1.99. The van der Waals surface area contributed by atoms with Crippen LogP contribution >= 0.6 is 11.8 Å². The van der Waals surface area contributed by atoms with Crippen LogP contribution in [0, 0.1) is 0 Å². The van der Waals surface area contributed by atoms with E-state index < -0.39 is 0 Å². The van der Waals surface area contributed by atoms with Crippen molar-refractivity contribution in [2.24, 2.45) is 0 Å². The Morgan fingerprint density at radius 2 is 2.06 bits per heavy atom. The maximum atomic E-state index is 5.06. The zero-order valence-corrected chi connectivity index (χ0v) is 11.4. The van der Waals surface area contributed by atoms with Crippen molar-refractivity contribution < 1.29 is 4.52 Å². The molecular formula is C14H18N2OS. The molecule has 1 N–H and O–H groups in total. The molecule has 96 valence electrons. The molecule has 2 rings (SSSR count). The number of aromatic nitrogens is 1. The van der Waals surface area contributed by atoms with Crippen LogP contribution in [0.4, 0.5) is 0 Å². The molecule has 1 aromatic carbocycles. The number of benzene rings is 1. The highest BCUT2D eigenvalue weighted by molar-refractivity contribution is 7.98. The Kier molecular flexibility index (Phi) is 5.30. The number of thioether (sulfide) groups is 1. The van der Waals surface area contributed by atoms with E-state index in [0.29, 0.717) is 0 Å². The van der Waals surface area contributed by atoms with Crippen LogP contribution < -0.4 is 5.32 Å². The van der Waals surface area contributed by atoms with Crippen molar-refractivity contribution >= 4 is 11.8 Å². The van der Waals surface area contributed by atoms with Gasteiger partial charge < -0.3 is 9.84 Å². The molecule has 0 aliphatic heterocycles. The van der Waals surface area contributed by atoms with Gasteiger partial charge in [0.15, 0.2) is 0 Å². The lowest BCUT2D eigenvalue weighted by Crippen LogP contribution is -2.13. The number of rotatable bonds is 7. The summed E-state index contributed by atoms with van der Waals surface area (Å²) in [6.45, 7) is 4.19. The van der Waals surface area contributed by atoms with E-state index in [0.717, 1.165) is 24.6 Å². The Hall–Kier alpha value is -1.26. The molecule has 0 spiro atoms. The molecule has 0 amide bonds. The van der Waals surface area contributed by atoms with Crippen LogP contribution in [0.2, 0.25) is 0 Å². The van der Waals surface area contributed by atoms with Crippen LogP contribution in [0.15, 0.2) is 45.9 Å². The van der Waals surface area contributed by atoms with E-state index in [4.69, 9.17) is 4.52 Å². The minimum Gasteiger partial charge on any atom is -0.361 e. The SMILES string of the molecule is CCCNCc1ccc(SCc2ccno2)cc1. The van der Waals surface area contributed by atoms with Crippen LogP contribution in [-0.4, -0.2) is 11.7 Å². The monoisotopic (exact) mass is 262 g/mol. The van der Waals surface area contributed by atoms with Gasteiger partial charge in [0.1, 0.15) is 5.76 Å². The predicted molar refractivity (Wildman–Crippen MR) is 74.5 cm³/mol. The van der Waals surface area contributed by atoms with Gasteiger partial charge in [-0.15, -0.1) is 11.8 Å². The van der Waals surface area contributed by atoms with E-state index in [9.17, 15) is 0 Å². The van der Waals surface area contributed by atoms with E-state index in [1.54, 1.807) is 18.0 Å². The van der Waals surface area contributed by atoms with E-state index >= 15 is 0 Å². The average Bonchev–Trinajstić information content (AvgIpc) is 2.91. The average molecular weight is 262 g/mol. The molecule has 0 radical (unpaired) electrons. The summed E-state index contributed by atoms with van der Waals surface area (Å²) in [4.78, 5) is 1.26. The zero-order chi connectivity index (χ0) is 12.6. The molecule has 0 unspecified atom stereocenters. The lowest BCUT2D eigenvalue weighted by molar-refractivity contribution is 0.395. The topological polar surface area (TPSA) is 38.1 Å². The second kappa shape index (κ2) is 7.24. The van der Waals surface area contributed by atoms with Crippen molar-refractivity contribution in [3.63, 3.8) is 0 Å². The Morgan fingerprint density at radius 3 is 2.72 bits per heavy atom. The third kappa shape index (κ3) is 4.20. The summed E-state index contributed by atoms with van der Waals surface area (Å²) < 4.78 is 5.06. The molecule has 1 heterocycles. The molecule has 0 fully saturated rings. The van der Waals surface area contributed by atoms with Gasteiger partial charge in [0.2, 0.25) is 0 Å². The fourth-order valence-electron chi connectivity index (χ4n) is 1.58. The van der Waals surface area contributed by atoms with Gasteiger partial charge in [-0.3, -0.25) is 0 Å². The van der Waals surface area contributed by atoms with Crippen molar-refractivity contribution in [2.75, 3.05) is 6.54 Å². The first kappa shape index (κ1) is 13.2. The highest BCUT2D eigenvalue weighted by atomic mass is 32.2. The Balaban J connectivity index is 1.80. The lowest BCUT2D eigenvalue weighted by Gasteiger charge is -2.04. The number of nitrogens with zero attached hydrogens (tertiary/aromatic N) is 1. The van der Waals surface area contributed by atoms with Gasteiger partial charge in [0.05, 0.1) is 11.9 Å². The molecule has 0 atom stereocenters. The largest absolute Gasteiger partial charge is 0.361 e. The molecule has 18 heavy (non-hydrogen) atoms. The van der Waals surface area contributed by atoms with Gasteiger partial charge in [-0.2, -0.15) is 0 Å². The van der Waals surface area contributed by atoms with Crippen LogP contribution in [0.25, 0.3) is 0 Å². The molecule has 0 aliphatic carbocycles. The molecule has 0 saturated heterocycles. The van der Waals surface area contributed by atoms with Crippen LogP contribution in [0.3, 0.4) is 0 Å². The maximum absolute atomic E-state index is 5.06. The second-order valence-corrected chi connectivity index (χ2v) is 5.14. The maximum Gasteiger partial charge on any atom is 0.146 e. The Labute approximate surface area is 112 Å². The normalized spacial score (nSPS) is 10.7. The molecular weight excluding hydrogens is 244 g/mol. The van der Waals surface area contributed by atoms with Gasteiger partial charge in [0, 0.05) is 17.5 Å². The summed E-state index contributed by atoms with van der Waals surface area (Å²) in [5, 5.41) is 7.09. The van der Waals surface area contributed by atoms with E-state index in [1.807, 2.05) is 6.07 Å². The fourth-order valence-corrected chi connectivity index (χ4v) is 2.37. The number of hydrogen-bond donors (Lipinski definition) is 1. The van der Waals surface area contributed by atoms with Crippen molar-refractivity contribution in [3.05, 3.63) is 47.9 Å². The van der Waals surface area contributed by atoms with Gasteiger partial charge in [0.25, 0.3) is 0 Å². The first-order chi connectivity index (χ1) is 8.88. The Bertz CT molecular complexity index is 439. The molecule has 3 nitrogen and oxygen atoms in total. The molecule has 1 aromatic heterocycles. The van der Waals surface area contributed by atoms with Crippen LogP contribution in [0.1, 0.15) is 24.7 Å². The van der Waals surface area contributed by atoms with Crippen LogP contribution in [-0.2, 0) is 12.3 Å². The molecule has 0 saturated carbocycles. The summed E-state index contributed by atoms with van der Waals surface area (Å²) in [6.07, 6.45) is 2.85. The van der Waals surface area contributed by atoms with E-state index in [2.05, 4.69) is 41.7 Å². The first-order valence-electron chi connectivity index (χ1n) is 6.20. The standard InChI is InChI=1S/C14H18N2OS/c1-2-8-15-10-12-3-5-14(6-4-12)18-11-13-7-9-16-17-13/h3-7,9,15H,2,8,10-11H2,1H3. The third-order valence-corrected chi connectivity index (χ3v) is 3.59. The molecule has 0 bridgehead atoms. The van der Waals surface area contributed by atoms with E-state index in [1.165, 1.54) is 16.9 Å². The van der Waals surface area contributed by atoms with Crippen molar-refractivity contribution in [3.8, 4) is 0 Å². The highest BCUT2D eigenvalue weighted by Crippen LogP contribution is 2.22. The summed E-state index contributed by atoms with van der Waals surface area (Å²) in [5.74, 6) is 1.74. The zero-order valence-electron chi connectivity index (χ0n) is 10.6. The summed E-state index contributed by atoms with van der Waals surface area (Å²) in [7, 11) is 0. The number of nitrogens with one attached hydrogen (secondary N) is 1. The van der Waals surface area contributed by atoms with Crippen LogP contribution in [0.5, 0.6) is 0 Å². The molecule has 4 heteroatoms.